The average molecular weight is 500 g/mol. The second-order valence-corrected chi connectivity index (χ2v) is 8.92. The summed E-state index contributed by atoms with van der Waals surface area (Å²) in [7, 11) is 1.50. The number of β-lactam (4-membered cyclic amide) rings is 1. The number of aliphatic hydroxyl groups is 1. The minimum atomic E-state index is -0.926. The fourth-order valence-corrected chi connectivity index (χ4v) is 5.16. The summed E-state index contributed by atoms with van der Waals surface area (Å²) < 4.78 is 11.3. The van der Waals surface area contributed by atoms with E-state index in [1.54, 1.807) is 18.2 Å². The van der Waals surface area contributed by atoms with Crippen molar-refractivity contribution < 1.29 is 33.9 Å². The number of benzene rings is 2. The van der Waals surface area contributed by atoms with Gasteiger partial charge in [0.15, 0.2) is 10.8 Å². The number of hydrogen-bond donors (Lipinski definition) is 2. The van der Waals surface area contributed by atoms with Gasteiger partial charge in [-0.15, -0.1) is 0 Å². The molecule has 0 aromatic heterocycles. The summed E-state index contributed by atoms with van der Waals surface area (Å²) in [5.41, 5.74) is 0.665. The number of ether oxygens (including phenoxy) is 2. The van der Waals surface area contributed by atoms with Crippen LogP contribution in [0.3, 0.4) is 0 Å². The first-order chi connectivity index (χ1) is 16.7. The maximum atomic E-state index is 13.0. The van der Waals surface area contributed by atoms with Crippen LogP contribution in [0.15, 0.2) is 59.3 Å². The van der Waals surface area contributed by atoms with Crippen LogP contribution in [0.25, 0.3) is 0 Å². The SMILES string of the molecule is CNC(=O)c1cccc(OC2=C(C(=O)OCc3ccc([N+](=O)[O-])cc3)N3C(=O)[C@H]([C@@H](C)O)[C@H]3S2)c1. The standard InChI is InChI=1S/C23H21N3O8S/c1-12(27)17-20(29)25-18(22(30)33-11-13-6-8-15(9-7-13)26(31)32)23(35-21(17)25)34-16-5-3-4-14(10-16)19(28)24-2/h3-10,12,17,21,27H,11H2,1-2H3,(H,24,28)/t12-,17+,21-/m1/s1. The first-order valence-corrected chi connectivity index (χ1v) is 11.4. The van der Waals surface area contributed by atoms with E-state index in [1.165, 1.54) is 49.2 Å². The van der Waals surface area contributed by atoms with Crippen molar-refractivity contribution in [1.82, 2.24) is 10.2 Å². The fourth-order valence-electron chi connectivity index (χ4n) is 3.70. The summed E-state index contributed by atoms with van der Waals surface area (Å²) in [6.45, 7) is 1.32. The monoisotopic (exact) mass is 499 g/mol. The van der Waals surface area contributed by atoms with Crippen molar-refractivity contribution in [2.45, 2.75) is 25.0 Å². The molecule has 2 N–H and O–H groups in total. The first kappa shape index (κ1) is 24.2. The van der Waals surface area contributed by atoms with Crippen LogP contribution in [0.1, 0.15) is 22.8 Å². The molecule has 35 heavy (non-hydrogen) atoms. The third-order valence-electron chi connectivity index (χ3n) is 5.51. The van der Waals surface area contributed by atoms with Gasteiger partial charge in [0.05, 0.1) is 16.9 Å². The third-order valence-corrected chi connectivity index (χ3v) is 6.75. The van der Waals surface area contributed by atoms with E-state index in [9.17, 15) is 29.6 Å². The van der Waals surface area contributed by atoms with Crippen molar-refractivity contribution in [3.8, 4) is 5.75 Å². The maximum absolute atomic E-state index is 13.0. The number of hydrogen-bond acceptors (Lipinski definition) is 9. The van der Waals surface area contributed by atoms with Crippen LogP contribution in [-0.2, 0) is 20.9 Å². The van der Waals surface area contributed by atoms with E-state index in [1.807, 2.05) is 0 Å². The van der Waals surface area contributed by atoms with Gasteiger partial charge in [-0.1, -0.05) is 17.8 Å². The molecule has 2 aliphatic heterocycles. The number of carbonyl (C=O) groups excluding carboxylic acids is 3. The van der Waals surface area contributed by atoms with E-state index in [-0.39, 0.29) is 34.7 Å². The summed E-state index contributed by atoms with van der Waals surface area (Å²) in [6.07, 6.45) is -0.926. The Morgan fingerprint density at radius 2 is 1.97 bits per heavy atom. The van der Waals surface area contributed by atoms with Gasteiger partial charge < -0.3 is 19.9 Å². The normalized spacial score (nSPS) is 19.5. The molecule has 1 saturated heterocycles. The van der Waals surface area contributed by atoms with Crippen LogP contribution in [-0.4, -0.2) is 51.2 Å². The lowest BCUT2D eigenvalue weighted by atomic mass is 9.92. The highest BCUT2D eigenvalue weighted by molar-refractivity contribution is 8.03. The molecule has 0 aliphatic carbocycles. The molecule has 12 heteroatoms. The highest BCUT2D eigenvalue weighted by Crippen LogP contribution is 2.51. The Labute approximate surface area is 203 Å². The highest BCUT2D eigenvalue weighted by atomic mass is 32.2. The zero-order chi connectivity index (χ0) is 25.3. The van der Waals surface area contributed by atoms with Crippen LogP contribution in [0, 0.1) is 16.0 Å². The van der Waals surface area contributed by atoms with Gasteiger partial charge in [-0.3, -0.25) is 24.6 Å². The first-order valence-electron chi connectivity index (χ1n) is 10.5. The molecule has 2 amide bonds. The van der Waals surface area contributed by atoms with Crippen molar-refractivity contribution in [1.29, 1.82) is 0 Å². The van der Waals surface area contributed by atoms with Crippen molar-refractivity contribution >= 4 is 35.2 Å². The Balaban J connectivity index is 1.57. The smallest absolute Gasteiger partial charge is 0.359 e. The zero-order valence-electron chi connectivity index (χ0n) is 18.7. The molecule has 2 aromatic rings. The van der Waals surface area contributed by atoms with Crippen LogP contribution in [0.5, 0.6) is 5.75 Å². The molecular formula is C23H21N3O8S. The number of rotatable bonds is 8. The van der Waals surface area contributed by atoms with Gasteiger partial charge in [-0.2, -0.15) is 0 Å². The lowest BCUT2D eigenvalue weighted by Crippen LogP contribution is -2.60. The number of carbonyl (C=O) groups is 3. The molecule has 3 atom stereocenters. The van der Waals surface area contributed by atoms with E-state index in [0.717, 1.165) is 11.8 Å². The van der Waals surface area contributed by atoms with Crippen LogP contribution in [0.2, 0.25) is 0 Å². The Morgan fingerprint density at radius 3 is 2.60 bits per heavy atom. The quantitative estimate of drug-likeness (QED) is 0.241. The molecular weight excluding hydrogens is 478 g/mol. The second kappa shape index (κ2) is 9.76. The fraction of sp³-hybridized carbons (Fsp3) is 0.261. The van der Waals surface area contributed by atoms with Crippen LogP contribution >= 0.6 is 11.8 Å². The minimum absolute atomic E-state index is 0.0946. The lowest BCUT2D eigenvalue weighted by molar-refractivity contribution is -0.384. The molecule has 11 nitrogen and oxygen atoms in total. The number of amides is 2. The molecule has 0 saturated carbocycles. The number of nitro groups is 1. The Hall–Kier alpha value is -3.90. The third kappa shape index (κ3) is 4.70. The number of aliphatic hydroxyl groups excluding tert-OH is 1. The molecule has 0 radical (unpaired) electrons. The van der Waals surface area contributed by atoms with E-state index in [0.29, 0.717) is 11.1 Å². The Kier molecular flexibility index (Phi) is 6.76. The van der Waals surface area contributed by atoms with Crippen molar-refractivity contribution in [2.75, 3.05) is 7.05 Å². The van der Waals surface area contributed by atoms with E-state index < -0.39 is 34.2 Å². The van der Waals surface area contributed by atoms with Crippen LogP contribution < -0.4 is 10.1 Å². The van der Waals surface area contributed by atoms with Gasteiger partial charge in [0.25, 0.3) is 11.6 Å². The number of nitro benzene ring substituents is 1. The topological polar surface area (TPSA) is 148 Å². The zero-order valence-corrected chi connectivity index (χ0v) is 19.5. The Bertz CT molecular complexity index is 1230. The van der Waals surface area contributed by atoms with E-state index >= 15 is 0 Å². The molecule has 182 valence electrons. The molecule has 0 spiro atoms. The number of nitrogens with one attached hydrogen (secondary N) is 1. The molecule has 1 fully saturated rings. The predicted molar refractivity (Wildman–Crippen MR) is 124 cm³/mol. The summed E-state index contributed by atoms with van der Waals surface area (Å²) in [5, 5.41) is 22.9. The second-order valence-electron chi connectivity index (χ2n) is 7.83. The maximum Gasteiger partial charge on any atom is 0.359 e. The largest absolute Gasteiger partial charge is 0.456 e. The number of esters is 1. The molecule has 2 aliphatic rings. The molecule has 2 aromatic carbocycles. The van der Waals surface area contributed by atoms with Gasteiger partial charge in [0.1, 0.15) is 17.7 Å². The van der Waals surface area contributed by atoms with Crippen molar-refractivity contribution in [3.05, 3.63) is 80.6 Å². The lowest BCUT2D eigenvalue weighted by Gasteiger charge is -2.43. The van der Waals surface area contributed by atoms with Gasteiger partial charge in [-0.25, -0.2) is 4.79 Å². The summed E-state index contributed by atoms with van der Waals surface area (Å²) in [6, 6.07) is 11.8. The average Bonchev–Trinajstić information content (AvgIpc) is 3.15. The molecule has 4 rings (SSSR count). The van der Waals surface area contributed by atoms with Gasteiger partial charge >= 0.3 is 5.97 Å². The van der Waals surface area contributed by atoms with Gasteiger partial charge in [-0.05, 0) is 42.8 Å². The van der Waals surface area contributed by atoms with E-state index in [4.69, 9.17) is 9.47 Å². The van der Waals surface area contributed by atoms with Crippen molar-refractivity contribution in [3.63, 3.8) is 0 Å². The number of thioether (sulfide) groups is 1. The van der Waals surface area contributed by atoms with Crippen LogP contribution in [0.4, 0.5) is 5.69 Å². The summed E-state index contributed by atoms with van der Waals surface area (Å²) >= 11 is 1.10. The number of fused-ring (bicyclic) bond motifs is 1. The van der Waals surface area contributed by atoms with Crippen molar-refractivity contribution in [2.24, 2.45) is 5.92 Å². The Morgan fingerprint density at radius 1 is 1.26 bits per heavy atom. The number of nitrogens with zero attached hydrogens (tertiary/aromatic N) is 2. The minimum Gasteiger partial charge on any atom is -0.456 e. The van der Waals surface area contributed by atoms with E-state index in [2.05, 4.69) is 5.32 Å². The summed E-state index contributed by atoms with van der Waals surface area (Å²) in [5.74, 6) is -2.02. The molecule has 2 heterocycles. The number of non-ortho nitro benzene ring substituents is 1. The predicted octanol–water partition coefficient (Wildman–Crippen LogP) is 2.16. The van der Waals surface area contributed by atoms with Gasteiger partial charge in [0, 0.05) is 24.7 Å². The molecule has 0 unspecified atom stereocenters. The highest BCUT2D eigenvalue weighted by Gasteiger charge is 2.59. The summed E-state index contributed by atoms with van der Waals surface area (Å²) in [4.78, 5) is 49.2. The van der Waals surface area contributed by atoms with Gasteiger partial charge in [0.2, 0.25) is 5.91 Å². The molecule has 0 bridgehead atoms.